The van der Waals surface area contributed by atoms with E-state index >= 15 is 0 Å². The number of nitrogens with zero attached hydrogens (tertiary/aromatic N) is 3. The van der Waals surface area contributed by atoms with Crippen LogP contribution in [0.5, 0.6) is 0 Å². The number of aromatic nitrogens is 2. The van der Waals surface area contributed by atoms with Gasteiger partial charge in [-0.25, -0.2) is 4.98 Å². The van der Waals surface area contributed by atoms with Gasteiger partial charge in [-0.1, -0.05) is 0 Å². The highest BCUT2D eigenvalue weighted by molar-refractivity contribution is 4.97. The van der Waals surface area contributed by atoms with Crippen molar-refractivity contribution in [1.82, 2.24) is 19.8 Å². The Morgan fingerprint density at radius 1 is 1.39 bits per heavy atom. The summed E-state index contributed by atoms with van der Waals surface area (Å²) in [7, 11) is 2.03. The molecule has 5 heteroatoms. The van der Waals surface area contributed by atoms with E-state index in [2.05, 4.69) is 33.6 Å². The third-order valence-corrected chi connectivity index (χ3v) is 3.87. The summed E-state index contributed by atoms with van der Waals surface area (Å²) in [6.07, 6.45) is 3.76. The zero-order valence-electron chi connectivity index (χ0n) is 11.6. The van der Waals surface area contributed by atoms with Gasteiger partial charge in [-0.3, -0.25) is 4.90 Å². The average molecular weight is 252 g/mol. The third kappa shape index (κ3) is 3.31. The number of rotatable bonds is 5. The number of hydrogen-bond donors (Lipinski definition) is 1. The fourth-order valence-electron chi connectivity index (χ4n) is 2.29. The minimum absolute atomic E-state index is 0.456. The molecule has 0 saturated carbocycles. The molecule has 1 fully saturated rings. The van der Waals surface area contributed by atoms with Gasteiger partial charge < -0.3 is 14.6 Å². The summed E-state index contributed by atoms with van der Waals surface area (Å²) in [6, 6.07) is 0.986. The van der Waals surface area contributed by atoms with E-state index in [-0.39, 0.29) is 0 Å². The number of imidazole rings is 1. The summed E-state index contributed by atoms with van der Waals surface area (Å²) in [4.78, 5) is 6.62. The van der Waals surface area contributed by atoms with E-state index in [4.69, 9.17) is 4.74 Å². The number of morpholine rings is 1. The van der Waals surface area contributed by atoms with Gasteiger partial charge in [0.1, 0.15) is 0 Å². The number of nitrogens with one attached hydrogen (secondary N) is 1. The molecule has 1 aliphatic rings. The van der Waals surface area contributed by atoms with E-state index < -0.39 is 0 Å². The summed E-state index contributed by atoms with van der Waals surface area (Å²) < 4.78 is 7.45. The smallest absolute Gasteiger partial charge is 0.0945 e. The maximum absolute atomic E-state index is 5.39. The molecule has 1 N–H and O–H groups in total. The molecule has 1 aromatic rings. The first-order valence-electron chi connectivity index (χ1n) is 6.69. The van der Waals surface area contributed by atoms with Gasteiger partial charge in [0.2, 0.25) is 0 Å². The molecule has 0 unspecified atom stereocenters. The van der Waals surface area contributed by atoms with Crippen LogP contribution in [0, 0.1) is 0 Å². The molecule has 5 nitrogen and oxygen atoms in total. The molecule has 0 radical (unpaired) electrons. The van der Waals surface area contributed by atoms with Crippen molar-refractivity contribution in [2.75, 3.05) is 26.3 Å². The zero-order chi connectivity index (χ0) is 13.0. The molecule has 2 atom stereocenters. The second-order valence-electron chi connectivity index (χ2n) is 5.05. The van der Waals surface area contributed by atoms with E-state index in [1.807, 2.05) is 19.6 Å². The van der Waals surface area contributed by atoms with Crippen molar-refractivity contribution in [2.45, 2.75) is 32.5 Å². The van der Waals surface area contributed by atoms with Crippen LogP contribution in [0.4, 0.5) is 0 Å². The predicted molar refractivity (Wildman–Crippen MR) is 71.4 cm³/mol. The topological polar surface area (TPSA) is 42.3 Å². The minimum Gasteiger partial charge on any atom is -0.379 e. The Kier molecular flexibility index (Phi) is 4.74. The van der Waals surface area contributed by atoms with Crippen molar-refractivity contribution >= 4 is 0 Å². The molecule has 2 rings (SSSR count). The Labute approximate surface area is 109 Å². The van der Waals surface area contributed by atoms with Gasteiger partial charge in [-0.2, -0.15) is 0 Å². The Morgan fingerprint density at radius 2 is 2.11 bits per heavy atom. The molecular weight excluding hydrogens is 228 g/mol. The highest BCUT2D eigenvalue weighted by Crippen LogP contribution is 2.08. The zero-order valence-corrected chi connectivity index (χ0v) is 11.6. The molecule has 1 aliphatic heterocycles. The minimum atomic E-state index is 0.456. The van der Waals surface area contributed by atoms with E-state index in [9.17, 15) is 0 Å². The van der Waals surface area contributed by atoms with Gasteiger partial charge in [-0.15, -0.1) is 0 Å². The van der Waals surface area contributed by atoms with Crippen LogP contribution in [0.1, 0.15) is 19.5 Å². The number of aryl methyl sites for hydroxylation is 1. The Bertz CT molecular complexity index is 360. The molecule has 0 bridgehead atoms. The van der Waals surface area contributed by atoms with Crippen molar-refractivity contribution in [3.8, 4) is 0 Å². The predicted octanol–water partition coefficient (Wildman–Crippen LogP) is 0.619. The van der Waals surface area contributed by atoms with Gasteiger partial charge in [0.05, 0.1) is 25.2 Å². The first kappa shape index (κ1) is 13.5. The molecule has 2 heterocycles. The van der Waals surface area contributed by atoms with Crippen LogP contribution in [0.25, 0.3) is 0 Å². The Morgan fingerprint density at radius 3 is 2.72 bits per heavy atom. The highest BCUT2D eigenvalue weighted by Gasteiger charge is 2.21. The van der Waals surface area contributed by atoms with Gasteiger partial charge in [-0.05, 0) is 13.8 Å². The fourth-order valence-corrected chi connectivity index (χ4v) is 2.29. The SMILES string of the molecule is C[C@@H](NCc1cncn1C)[C@H](C)N1CCOCC1. The van der Waals surface area contributed by atoms with Crippen LogP contribution in [0.2, 0.25) is 0 Å². The van der Waals surface area contributed by atoms with Crippen LogP contribution in [0.3, 0.4) is 0 Å². The molecule has 0 aromatic carbocycles. The lowest BCUT2D eigenvalue weighted by molar-refractivity contribution is 0.0135. The van der Waals surface area contributed by atoms with Crippen LogP contribution in [-0.2, 0) is 18.3 Å². The monoisotopic (exact) mass is 252 g/mol. The lowest BCUT2D eigenvalue weighted by Crippen LogP contribution is -2.50. The fraction of sp³-hybridized carbons (Fsp3) is 0.769. The maximum Gasteiger partial charge on any atom is 0.0945 e. The molecule has 0 spiro atoms. The number of hydrogen-bond acceptors (Lipinski definition) is 4. The average Bonchev–Trinajstić information content (AvgIpc) is 2.81. The summed E-state index contributed by atoms with van der Waals surface area (Å²) in [5.74, 6) is 0. The maximum atomic E-state index is 5.39. The number of ether oxygens (including phenoxy) is 1. The third-order valence-electron chi connectivity index (χ3n) is 3.87. The second-order valence-corrected chi connectivity index (χ2v) is 5.05. The summed E-state index contributed by atoms with van der Waals surface area (Å²) in [5, 5.41) is 3.58. The van der Waals surface area contributed by atoms with E-state index in [0.717, 1.165) is 32.8 Å². The normalized spacial score (nSPS) is 20.8. The van der Waals surface area contributed by atoms with Gasteiger partial charge in [0, 0.05) is 45.0 Å². The lowest BCUT2D eigenvalue weighted by Gasteiger charge is -2.36. The highest BCUT2D eigenvalue weighted by atomic mass is 16.5. The molecule has 1 saturated heterocycles. The molecule has 0 amide bonds. The van der Waals surface area contributed by atoms with Crippen molar-refractivity contribution in [2.24, 2.45) is 7.05 Å². The first-order chi connectivity index (χ1) is 8.68. The van der Waals surface area contributed by atoms with Crippen molar-refractivity contribution in [1.29, 1.82) is 0 Å². The van der Waals surface area contributed by atoms with Crippen molar-refractivity contribution < 1.29 is 4.74 Å². The Hall–Kier alpha value is -0.910. The molecule has 102 valence electrons. The summed E-state index contributed by atoms with van der Waals surface area (Å²) >= 11 is 0. The van der Waals surface area contributed by atoms with E-state index in [0.29, 0.717) is 12.1 Å². The van der Waals surface area contributed by atoms with E-state index in [1.165, 1.54) is 5.69 Å². The molecular formula is C13H24N4O. The molecule has 1 aromatic heterocycles. The second kappa shape index (κ2) is 6.31. The quantitative estimate of drug-likeness (QED) is 0.834. The lowest BCUT2D eigenvalue weighted by atomic mass is 10.1. The molecule has 0 aliphatic carbocycles. The summed E-state index contributed by atoms with van der Waals surface area (Å²) in [5.41, 5.74) is 1.22. The standard InChI is InChI=1S/C13H24N4O/c1-11(12(2)17-4-6-18-7-5-17)15-9-13-8-14-10-16(13)3/h8,10-12,15H,4-7,9H2,1-3H3/t11-,12+/m1/s1. The van der Waals surface area contributed by atoms with Crippen LogP contribution in [-0.4, -0.2) is 52.8 Å². The van der Waals surface area contributed by atoms with Gasteiger partial charge in [0.15, 0.2) is 0 Å². The van der Waals surface area contributed by atoms with Crippen LogP contribution < -0.4 is 5.32 Å². The van der Waals surface area contributed by atoms with Crippen LogP contribution >= 0.6 is 0 Å². The Balaban J connectivity index is 1.79. The van der Waals surface area contributed by atoms with Gasteiger partial charge in [0.25, 0.3) is 0 Å². The molecule has 18 heavy (non-hydrogen) atoms. The summed E-state index contributed by atoms with van der Waals surface area (Å²) in [6.45, 7) is 9.20. The van der Waals surface area contributed by atoms with E-state index in [1.54, 1.807) is 0 Å². The largest absolute Gasteiger partial charge is 0.379 e. The first-order valence-corrected chi connectivity index (χ1v) is 6.69. The van der Waals surface area contributed by atoms with Crippen molar-refractivity contribution in [3.05, 3.63) is 18.2 Å². The van der Waals surface area contributed by atoms with Crippen LogP contribution in [0.15, 0.2) is 12.5 Å². The van der Waals surface area contributed by atoms with Crippen molar-refractivity contribution in [3.63, 3.8) is 0 Å². The van der Waals surface area contributed by atoms with Gasteiger partial charge >= 0.3 is 0 Å².